The molecule has 64 valence electrons. The molecule has 0 N–H and O–H groups in total. The van der Waals surface area contributed by atoms with E-state index in [1.807, 2.05) is 0 Å². The fourth-order valence-electron chi connectivity index (χ4n) is 0.235. The highest BCUT2D eigenvalue weighted by atomic mass is 16.5. The van der Waals surface area contributed by atoms with Crippen LogP contribution in [0.4, 0.5) is 0 Å². The Morgan fingerprint density at radius 1 is 1.27 bits per heavy atom. The molecular formula is C9H16O2. The summed E-state index contributed by atoms with van der Waals surface area (Å²) in [6.07, 6.45) is 3.42. The monoisotopic (exact) mass is 156 g/mol. The molecule has 0 aromatic rings. The molecule has 0 fully saturated rings. The van der Waals surface area contributed by atoms with Gasteiger partial charge in [-0.3, -0.25) is 0 Å². The van der Waals surface area contributed by atoms with E-state index in [9.17, 15) is 4.79 Å². The van der Waals surface area contributed by atoms with Crippen LogP contribution in [0.1, 0.15) is 13.8 Å². The van der Waals surface area contributed by atoms with E-state index in [0.717, 1.165) is 0 Å². The van der Waals surface area contributed by atoms with Gasteiger partial charge in [0, 0.05) is 0 Å². The first-order valence-corrected chi connectivity index (χ1v) is 3.41. The Morgan fingerprint density at radius 2 is 1.55 bits per heavy atom. The number of Topliss-reactive ketones (excluding diaryl/α,β-unsaturated/α-hetero) is 1. The number of hydrogen-bond acceptors (Lipinski definition) is 2. The lowest BCUT2D eigenvalue weighted by molar-refractivity contribution is -0.114. The zero-order valence-electron chi connectivity index (χ0n) is 7.30. The van der Waals surface area contributed by atoms with Gasteiger partial charge in [-0.25, -0.2) is 0 Å². The van der Waals surface area contributed by atoms with E-state index in [2.05, 4.69) is 13.2 Å². The number of hydrogen-bond donors (Lipinski definition) is 0. The van der Waals surface area contributed by atoms with Gasteiger partial charge in [0.25, 0.3) is 0 Å². The molecule has 0 heterocycles. The summed E-state index contributed by atoms with van der Waals surface area (Å²) in [5.41, 5.74) is 0. The third-order valence-electron chi connectivity index (χ3n) is 0.471. The largest absolute Gasteiger partial charge is 0.373 e. The van der Waals surface area contributed by atoms with Crippen LogP contribution in [-0.4, -0.2) is 19.0 Å². The van der Waals surface area contributed by atoms with E-state index < -0.39 is 0 Å². The SMILES string of the molecule is C=CCOCC=C.CC(C)=O. The van der Waals surface area contributed by atoms with Crippen molar-refractivity contribution < 1.29 is 9.53 Å². The quantitative estimate of drug-likeness (QED) is 0.459. The second-order valence-electron chi connectivity index (χ2n) is 2.02. The predicted molar refractivity (Wildman–Crippen MR) is 47.6 cm³/mol. The Kier molecular flexibility index (Phi) is 13.7. The summed E-state index contributed by atoms with van der Waals surface area (Å²) in [6, 6.07) is 0. The minimum atomic E-state index is 0.167. The summed E-state index contributed by atoms with van der Waals surface area (Å²) in [4.78, 5) is 9.44. The van der Waals surface area contributed by atoms with Gasteiger partial charge in [-0.1, -0.05) is 12.2 Å². The lowest BCUT2D eigenvalue weighted by Gasteiger charge is -1.89. The standard InChI is InChI=1S/C6H10O.C3H6O/c1-3-5-7-6-4-2;1-3(2)4/h3-4H,1-2,5-6H2;1-2H3. The van der Waals surface area contributed by atoms with Crippen molar-refractivity contribution in [1.29, 1.82) is 0 Å². The Labute approximate surface area is 68.6 Å². The lowest BCUT2D eigenvalue weighted by atomic mass is 10.6. The zero-order chi connectivity index (χ0) is 9.11. The average Bonchev–Trinajstić information content (AvgIpc) is 1.88. The highest BCUT2D eigenvalue weighted by Crippen LogP contribution is 1.72. The molecule has 0 rings (SSSR count). The molecule has 0 aliphatic rings. The molecule has 0 saturated carbocycles. The van der Waals surface area contributed by atoms with E-state index in [-0.39, 0.29) is 5.78 Å². The van der Waals surface area contributed by atoms with E-state index >= 15 is 0 Å². The van der Waals surface area contributed by atoms with Gasteiger partial charge in [0.15, 0.2) is 0 Å². The molecule has 0 atom stereocenters. The molecule has 11 heavy (non-hydrogen) atoms. The highest BCUT2D eigenvalue weighted by Gasteiger charge is 1.70. The van der Waals surface area contributed by atoms with Crippen LogP contribution in [0.25, 0.3) is 0 Å². The second-order valence-corrected chi connectivity index (χ2v) is 2.02. The van der Waals surface area contributed by atoms with Crippen molar-refractivity contribution in [3.8, 4) is 0 Å². The van der Waals surface area contributed by atoms with Gasteiger partial charge in [-0.05, 0) is 13.8 Å². The zero-order valence-corrected chi connectivity index (χ0v) is 7.30. The van der Waals surface area contributed by atoms with Crippen molar-refractivity contribution in [2.45, 2.75) is 13.8 Å². The van der Waals surface area contributed by atoms with Crippen LogP contribution in [0.15, 0.2) is 25.3 Å². The molecule has 0 radical (unpaired) electrons. The van der Waals surface area contributed by atoms with Crippen molar-refractivity contribution in [2.24, 2.45) is 0 Å². The smallest absolute Gasteiger partial charge is 0.126 e. The Bertz CT molecular complexity index is 105. The molecule has 0 spiro atoms. The van der Waals surface area contributed by atoms with Crippen LogP contribution in [0.5, 0.6) is 0 Å². The summed E-state index contributed by atoms with van der Waals surface area (Å²) in [6.45, 7) is 11.2. The molecular weight excluding hydrogens is 140 g/mol. The second kappa shape index (κ2) is 11.9. The topological polar surface area (TPSA) is 26.3 Å². The number of rotatable bonds is 4. The molecule has 0 unspecified atom stereocenters. The van der Waals surface area contributed by atoms with Gasteiger partial charge in [0.1, 0.15) is 5.78 Å². The van der Waals surface area contributed by atoms with Crippen molar-refractivity contribution in [1.82, 2.24) is 0 Å². The summed E-state index contributed by atoms with van der Waals surface area (Å²) in [5.74, 6) is 0.167. The lowest BCUT2D eigenvalue weighted by Crippen LogP contribution is -1.87. The van der Waals surface area contributed by atoms with Gasteiger partial charge in [-0.15, -0.1) is 13.2 Å². The maximum Gasteiger partial charge on any atom is 0.126 e. The molecule has 0 saturated heterocycles. The molecule has 0 aromatic carbocycles. The maximum absolute atomic E-state index is 9.44. The predicted octanol–water partition coefficient (Wildman–Crippen LogP) is 1.97. The average molecular weight is 156 g/mol. The third kappa shape index (κ3) is 47.6. The fraction of sp³-hybridized carbons (Fsp3) is 0.444. The molecule has 0 aromatic heterocycles. The van der Waals surface area contributed by atoms with Crippen LogP contribution in [0.3, 0.4) is 0 Å². The first kappa shape index (κ1) is 12.8. The van der Waals surface area contributed by atoms with Gasteiger partial charge < -0.3 is 9.53 Å². The van der Waals surface area contributed by atoms with Crippen molar-refractivity contribution in [3.05, 3.63) is 25.3 Å². The van der Waals surface area contributed by atoms with E-state index in [1.165, 1.54) is 13.8 Å². The van der Waals surface area contributed by atoms with Crippen molar-refractivity contribution in [3.63, 3.8) is 0 Å². The number of ether oxygens (including phenoxy) is 1. The minimum absolute atomic E-state index is 0.167. The van der Waals surface area contributed by atoms with Gasteiger partial charge in [0.2, 0.25) is 0 Å². The minimum Gasteiger partial charge on any atom is -0.373 e. The van der Waals surface area contributed by atoms with Crippen LogP contribution >= 0.6 is 0 Å². The maximum atomic E-state index is 9.44. The molecule has 0 aliphatic carbocycles. The van der Waals surface area contributed by atoms with Gasteiger partial charge >= 0.3 is 0 Å². The Morgan fingerprint density at radius 3 is 1.73 bits per heavy atom. The van der Waals surface area contributed by atoms with Crippen molar-refractivity contribution >= 4 is 5.78 Å². The first-order valence-electron chi connectivity index (χ1n) is 3.41. The van der Waals surface area contributed by atoms with Crippen LogP contribution in [0.2, 0.25) is 0 Å². The fourth-order valence-corrected chi connectivity index (χ4v) is 0.235. The Balaban J connectivity index is 0. The molecule has 2 heteroatoms. The van der Waals surface area contributed by atoms with Crippen LogP contribution in [-0.2, 0) is 9.53 Å². The van der Waals surface area contributed by atoms with E-state index in [0.29, 0.717) is 13.2 Å². The third-order valence-corrected chi connectivity index (χ3v) is 0.471. The highest BCUT2D eigenvalue weighted by molar-refractivity contribution is 5.72. The normalized spacial score (nSPS) is 7.45. The summed E-state index contributed by atoms with van der Waals surface area (Å²) in [5, 5.41) is 0. The van der Waals surface area contributed by atoms with Gasteiger partial charge in [-0.2, -0.15) is 0 Å². The molecule has 0 bridgehead atoms. The summed E-state index contributed by atoms with van der Waals surface area (Å²) in [7, 11) is 0. The first-order chi connectivity index (χ1) is 5.15. The summed E-state index contributed by atoms with van der Waals surface area (Å²) < 4.78 is 4.90. The van der Waals surface area contributed by atoms with Crippen LogP contribution in [0, 0.1) is 0 Å². The number of ketones is 1. The van der Waals surface area contributed by atoms with Crippen LogP contribution < -0.4 is 0 Å². The van der Waals surface area contributed by atoms with Crippen molar-refractivity contribution in [2.75, 3.05) is 13.2 Å². The number of carbonyl (C=O) groups excluding carboxylic acids is 1. The number of carbonyl (C=O) groups is 1. The molecule has 0 amide bonds. The van der Waals surface area contributed by atoms with E-state index in [4.69, 9.17) is 4.74 Å². The Hall–Kier alpha value is -0.890. The van der Waals surface area contributed by atoms with E-state index in [1.54, 1.807) is 12.2 Å². The molecule has 0 aliphatic heterocycles. The molecule has 2 nitrogen and oxygen atoms in total. The summed E-state index contributed by atoms with van der Waals surface area (Å²) >= 11 is 0. The van der Waals surface area contributed by atoms with Gasteiger partial charge in [0.05, 0.1) is 13.2 Å².